The Morgan fingerprint density at radius 3 is 3.00 bits per heavy atom. The lowest BCUT2D eigenvalue weighted by atomic mass is 10.2. The summed E-state index contributed by atoms with van der Waals surface area (Å²) in [6, 6.07) is 10.1. The SMILES string of the molecule is CN(Cc1cccc(F)c1)c1ccc2nnnn2n1. The van der Waals surface area contributed by atoms with Crippen molar-refractivity contribution in [2.45, 2.75) is 6.54 Å². The Balaban J connectivity index is 1.84. The molecule has 0 aliphatic heterocycles. The van der Waals surface area contributed by atoms with Crippen LogP contribution in [0.25, 0.3) is 5.65 Å². The summed E-state index contributed by atoms with van der Waals surface area (Å²) in [6.07, 6.45) is 0. The van der Waals surface area contributed by atoms with Gasteiger partial charge in [0.15, 0.2) is 11.5 Å². The number of tetrazole rings is 1. The lowest BCUT2D eigenvalue weighted by Crippen LogP contribution is -2.18. The molecule has 1 aromatic carbocycles. The van der Waals surface area contributed by atoms with E-state index in [1.54, 1.807) is 12.1 Å². The molecule has 6 nitrogen and oxygen atoms in total. The molecule has 0 bridgehead atoms. The molecule has 0 spiro atoms. The van der Waals surface area contributed by atoms with Gasteiger partial charge in [-0.05, 0) is 40.3 Å². The van der Waals surface area contributed by atoms with E-state index in [0.29, 0.717) is 18.0 Å². The Morgan fingerprint density at radius 2 is 2.16 bits per heavy atom. The Morgan fingerprint density at radius 1 is 1.26 bits per heavy atom. The van der Waals surface area contributed by atoms with Gasteiger partial charge in [-0.1, -0.05) is 12.1 Å². The molecule has 0 radical (unpaired) electrons. The molecule has 7 heteroatoms. The van der Waals surface area contributed by atoms with E-state index in [2.05, 4.69) is 20.6 Å². The van der Waals surface area contributed by atoms with Crippen molar-refractivity contribution in [3.8, 4) is 0 Å². The van der Waals surface area contributed by atoms with Crippen LogP contribution in [0.15, 0.2) is 36.4 Å². The van der Waals surface area contributed by atoms with Gasteiger partial charge in [-0.2, -0.15) is 0 Å². The molecule has 0 atom stereocenters. The summed E-state index contributed by atoms with van der Waals surface area (Å²) in [7, 11) is 1.88. The maximum Gasteiger partial charge on any atom is 0.200 e. The fraction of sp³-hybridized carbons (Fsp3) is 0.167. The third kappa shape index (κ3) is 2.35. The second kappa shape index (κ2) is 4.60. The number of halogens is 1. The highest BCUT2D eigenvalue weighted by molar-refractivity contribution is 5.44. The first kappa shape index (κ1) is 11.5. The number of anilines is 1. The first-order valence-electron chi connectivity index (χ1n) is 5.73. The smallest absolute Gasteiger partial charge is 0.200 e. The molecule has 0 saturated heterocycles. The highest BCUT2D eigenvalue weighted by Gasteiger charge is 2.07. The van der Waals surface area contributed by atoms with E-state index < -0.39 is 0 Å². The Hall–Kier alpha value is -2.57. The predicted molar refractivity (Wildman–Crippen MR) is 67.1 cm³/mol. The molecule has 0 fully saturated rings. The predicted octanol–water partition coefficient (Wildman–Crippen LogP) is 1.29. The highest BCUT2D eigenvalue weighted by atomic mass is 19.1. The van der Waals surface area contributed by atoms with E-state index in [9.17, 15) is 4.39 Å². The standard InChI is InChI=1S/C12H11FN6/c1-18(8-9-3-2-4-10(13)7-9)12-6-5-11-14-16-17-19(11)15-12/h2-7H,8H2,1H3. The van der Waals surface area contributed by atoms with Crippen LogP contribution < -0.4 is 4.90 Å². The van der Waals surface area contributed by atoms with Crippen molar-refractivity contribution in [1.29, 1.82) is 0 Å². The second-order valence-electron chi connectivity index (χ2n) is 4.20. The molecule has 0 saturated carbocycles. The summed E-state index contributed by atoms with van der Waals surface area (Å²) in [5, 5.41) is 15.3. The molecule has 0 amide bonds. The van der Waals surface area contributed by atoms with Crippen LogP contribution in [-0.4, -0.2) is 32.3 Å². The van der Waals surface area contributed by atoms with Gasteiger partial charge in [0.1, 0.15) is 5.82 Å². The first-order chi connectivity index (χ1) is 9.22. The third-order valence-corrected chi connectivity index (χ3v) is 2.76. The van der Waals surface area contributed by atoms with Crippen LogP contribution in [0.4, 0.5) is 10.2 Å². The van der Waals surface area contributed by atoms with Gasteiger partial charge in [-0.15, -0.1) is 14.8 Å². The topological polar surface area (TPSA) is 59.2 Å². The summed E-state index contributed by atoms with van der Waals surface area (Å²) >= 11 is 0. The van der Waals surface area contributed by atoms with Gasteiger partial charge in [0.2, 0.25) is 0 Å². The third-order valence-electron chi connectivity index (χ3n) is 2.76. The largest absolute Gasteiger partial charge is 0.354 e. The minimum Gasteiger partial charge on any atom is -0.354 e. The van der Waals surface area contributed by atoms with Crippen LogP contribution in [0.3, 0.4) is 0 Å². The molecule has 0 aliphatic carbocycles. The summed E-state index contributed by atoms with van der Waals surface area (Å²) < 4.78 is 14.5. The molecule has 0 N–H and O–H groups in total. The summed E-state index contributed by atoms with van der Waals surface area (Å²) in [5.74, 6) is 0.471. The maximum absolute atomic E-state index is 13.1. The van der Waals surface area contributed by atoms with Crippen LogP contribution in [0.2, 0.25) is 0 Å². The number of benzene rings is 1. The highest BCUT2D eigenvalue weighted by Crippen LogP contribution is 2.13. The minimum absolute atomic E-state index is 0.241. The van der Waals surface area contributed by atoms with Gasteiger partial charge in [0.05, 0.1) is 0 Å². The quantitative estimate of drug-likeness (QED) is 0.708. The normalized spacial score (nSPS) is 10.8. The van der Waals surface area contributed by atoms with Gasteiger partial charge < -0.3 is 4.90 Å². The van der Waals surface area contributed by atoms with E-state index >= 15 is 0 Å². The summed E-state index contributed by atoms with van der Waals surface area (Å²) in [4.78, 5) is 1.90. The fourth-order valence-corrected chi connectivity index (χ4v) is 1.83. The fourth-order valence-electron chi connectivity index (χ4n) is 1.83. The van der Waals surface area contributed by atoms with E-state index in [1.807, 2.05) is 24.1 Å². The van der Waals surface area contributed by atoms with E-state index in [0.717, 1.165) is 5.56 Å². The lowest BCUT2D eigenvalue weighted by molar-refractivity contribution is 0.625. The molecule has 19 heavy (non-hydrogen) atoms. The molecule has 2 aromatic heterocycles. The zero-order valence-electron chi connectivity index (χ0n) is 10.2. The first-order valence-corrected chi connectivity index (χ1v) is 5.73. The average Bonchev–Trinajstić information content (AvgIpc) is 2.85. The van der Waals surface area contributed by atoms with Crippen molar-refractivity contribution in [1.82, 2.24) is 25.3 Å². The molecule has 2 heterocycles. The van der Waals surface area contributed by atoms with Crippen molar-refractivity contribution in [3.05, 3.63) is 47.8 Å². The van der Waals surface area contributed by atoms with E-state index in [4.69, 9.17) is 0 Å². The van der Waals surface area contributed by atoms with Crippen LogP contribution in [-0.2, 0) is 6.54 Å². The zero-order valence-corrected chi connectivity index (χ0v) is 10.2. The molecule has 3 aromatic rings. The molecular formula is C12H11FN6. The van der Waals surface area contributed by atoms with Gasteiger partial charge in [0, 0.05) is 13.6 Å². The van der Waals surface area contributed by atoms with E-state index in [1.165, 1.54) is 16.8 Å². The van der Waals surface area contributed by atoms with Crippen molar-refractivity contribution >= 4 is 11.5 Å². The van der Waals surface area contributed by atoms with Gasteiger partial charge >= 0.3 is 0 Å². The van der Waals surface area contributed by atoms with Crippen molar-refractivity contribution in [2.24, 2.45) is 0 Å². The van der Waals surface area contributed by atoms with Crippen LogP contribution >= 0.6 is 0 Å². The lowest BCUT2D eigenvalue weighted by Gasteiger charge is -2.17. The number of fused-ring (bicyclic) bond motifs is 1. The van der Waals surface area contributed by atoms with Crippen LogP contribution in [0, 0.1) is 5.82 Å². The Labute approximate surface area is 108 Å². The zero-order chi connectivity index (χ0) is 13.2. The molecule has 3 rings (SSSR count). The van der Waals surface area contributed by atoms with Gasteiger partial charge in [0.25, 0.3) is 0 Å². The molecule has 96 valence electrons. The average molecular weight is 258 g/mol. The number of hydrogen-bond donors (Lipinski definition) is 0. The number of hydrogen-bond acceptors (Lipinski definition) is 5. The van der Waals surface area contributed by atoms with E-state index in [-0.39, 0.29) is 5.82 Å². The van der Waals surface area contributed by atoms with Crippen molar-refractivity contribution < 1.29 is 4.39 Å². The number of aromatic nitrogens is 5. The van der Waals surface area contributed by atoms with Crippen molar-refractivity contribution in [2.75, 3.05) is 11.9 Å². The Kier molecular flexibility index (Phi) is 2.79. The monoisotopic (exact) mass is 258 g/mol. The molecule has 0 unspecified atom stereocenters. The summed E-state index contributed by atoms with van der Waals surface area (Å²) in [6.45, 7) is 0.554. The van der Waals surface area contributed by atoms with Crippen molar-refractivity contribution in [3.63, 3.8) is 0 Å². The number of nitrogens with zero attached hydrogens (tertiary/aromatic N) is 6. The van der Waals surface area contributed by atoms with Gasteiger partial charge in [-0.25, -0.2) is 4.39 Å². The minimum atomic E-state index is -0.241. The van der Waals surface area contributed by atoms with Gasteiger partial charge in [-0.3, -0.25) is 0 Å². The number of rotatable bonds is 3. The molecular weight excluding hydrogens is 247 g/mol. The second-order valence-corrected chi connectivity index (χ2v) is 4.20. The van der Waals surface area contributed by atoms with Crippen LogP contribution in [0.1, 0.15) is 5.56 Å². The maximum atomic E-state index is 13.1. The molecule has 0 aliphatic rings. The van der Waals surface area contributed by atoms with Crippen LogP contribution in [0.5, 0.6) is 0 Å². The summed E-state index contributed by atoms with van der Waals surface area (Å²) in [5.41, 5.74) is 1.46. The Bertz CT molecular complexity index is 710.